The van der Waals surface area contributed by atoms with E-state index in [4.69, 9.17) is 4.74 Å². The van der Waals surface area contributed by atoms with E-state index < -0.39 is 17.9 Å². The van der Waals surface area contributed by atoms with Gasteiger partial charge in [0.05, 0.1) is 31.8 Å². The molecule has 2 aromatic carbocycles. The molecule has 0 aromatic heterocycles. The lowest BCUT2D eigenvalue weighted by atomic mass is 10.0. The van der Waals surface area contributed by atoms with Crippen LogP contribution in [0.4, 0.5) is 0 Å². The third-order valence-electron chi connectivity index (χ3n) is 4.43. The van der Waals surface area contributed by atoms with Crippen LogP contribution >= 0.6 is 66.5 Å². The topological polar surface area (TPSA) is 87.1 Å². The van der Waals surface area contributed by atoms with Crippen LogP contribution < -0.4 is 4.74 Å². The summed E-state index contributed by atoms with van der Waals surface area (Å²) in [5.74, 6) is 0.525. The maximum absolute atomic E-state index is 12.9. The maximum atomic E-state index is 12.9. The molecule has 0 heterocycles. The average molecular weight is 687 g/mol. The number of rotatable bonds is 9. The van der Waals surface area contributed by atoms with Crippen molar-refractivity contribution in [1.29, 1.82) is 0 Å². The predicted molar refractivity (Wildman–Crippen MR) is 139 cm³/mol. The minimum absolute atomic E-state index is 0.123. The molecular weight excluding hydrogens is 665 g/mol. The first-order chi connectivity index (χ1) is 14.6. The monoisotopic (exact) mass is 685 g/mol. The van der Waals surface area contributed by atoms with Gasteiger partial charge in [-0.15, -0.1) is 0 Å². The number of carboxylic acid groups (broad SMARTS) is 1. The van der Waals surface area contributed by atoms with E-state index >= 15 is 0 Å². The number of aliphatic carboxylic acids is 1. The van der Waals surface area contributed by atoms with Crippen LogP contribution in [0.3, 0.4) is 0 Å². The summed E-state index contributed by atoms with van der Waals surface area (Å²) in [5, 5.41) is 19.5. The molecule has 2 rings (SSSR count). The van der Waals surface area contributed by atoms with Crippen LogP contribution in [0.2, 0.25) is 0 Å². The van der Waals surface area contributed by atoms with Crippen molar-refractivity contribution < 1.29 is 24.5 Å². The third kappa shape index (κ3) is 6.75. The van der Waals surface area contributed by atoms with Crippen molar-refractivity contribution in [3.05, 3.63) is 50.4 Å². The summed E-state index contributed by atoms with van der Waals surface area (Å²) in [7, 11) is 0. The minimum atomic E-state index is -1.04. The van der Waals surface area contributed by atoms with Crippen LogP contribution in [0.1, 0.15) is 42.1 Å². The molecule has 0 spiro atoms. The number of amides is 1. The summed E-state index contributed by atoms with van der Waals surface area (Å²) >= 11 is 10.2. The van der Waals surface area contributed by atoms with Gasteiger partial charge in [0.15, 0.2) is 5.75 Å². The number of phenols is 1. The van der Waals surface area contributed by atoms with Crippen LogP contribution in [0.5, 0.6) is 17.2 Å². The van der Waals surface area contributed by atoms with Crippen LogP contribution in [0.15, 0.2) is 39.3 Å². The molecule has 0 saturated heterocycles. The Morgan fingerprint density at radius 3 is 2.32 bits per heavy atom. The Morgan fingerprint density at radius 1 is 1.19 bits per heavy atom. The molecule has 0 aliphatic heterocycles. The van der Waals surface area contributed by atoms with E-state index in [2.05, 4.69) is 31.9 Å². The zero-order chi connectivity index (χ0) is 23.3. The zero-order valence-corrected chi connectivity index (χ0v) is 23.2. The van der Waals surface area contributed by atoms with Crippen molar-refractivity contribution in [2.75, 3.05) is 12.0 Å². The van der Waals surface area contributed by atoms with Gasteiger partial charge in [0, 0.05) is 11.1 Å². The molecule has 0 aliphatic rings. The lowest BCUT2D eigenvalue weighted by Gasteiger charge is -2.23. The van der Waals surface area contributed by atoms with Gasteiger partial charge in [0.1, 0.15) is 17.5 Å². The van der Waals surface area contributed by atoms with E-state index in [-0.39, 0.29) is 11.7 Å². The van der Waals surface area contributed by atoms with Gasteiger partial charge in [-0.1, -0.05) is 13.8 Å². The lowest BCUT2D eigenvalue weighted by Crippen LogP contribution is -2.38. The number of hydrogen-bond acceptors (Lipinski definition) is 5. The highest BCUT2D eigenvalue weighted by atomic mass is 127. The normalized spacial score (nSPS) is 12.0. The summed E-state index contributed by atoms with van der Waals surface area (Å²) < 4.78 is 8.28. The Kier molecular flexibility index (Phi) is 9.97. The Balaban J connectivity index is 2.30. The predicted octanol–water partition coefficient (Wildman–Crippen LogP) is 6.83. The Bertz CT molecular complexity index is 950. The number of hydrogen-bond donors (Lipinski definition) is 2. The Labute approximate surface area is 216 Å². The number of nitrogens with zero attached hydrogens (tertiary/aromatic N) is 1. The number of benzene rings is 2. The smallest absolute Gasteiger partial charge is 0.327 e. The van der Waals surface area contributed by atoms with Gasteiger partial charge in [-0.3, -0.25) is 7.91 Å². The number of halogens is 3. The van der Waals surface area contributed by atoms with Crippen LogP contribution in [-0.2, 0) is 4.79 Å². The van der Waals surface area contributed by atoms with Crippen molar-refractivity contribution in [2.45, 2.75) is 32.2 Å². The summed E-state index contributed by atoms with van der Waals surface area (Å²) in [6, 6.07) is 7.30. The molecular formula is C21H22Br2INO5S. The Hall–Kier alpha value is -0.980. The third-order valence-corrected chi connectivity index (χ3v) is 7.37. The molecule has 0 bridgehead atoms. The first kappa shape index (κ1) is 26.3. The molecule has 0 aliphatic carbocycles. The Morgan fingerprint density at radius 2 is 1.81 bits per heavy atom. The van der Waals surface area contributed by atoms with Crippen molar-refractivity contribution in [3.63, 3.8) is 0 Å². The number of phenolic OH excluding ortho intramolecular Hbond substituents is 1. The fourth-order valence-electron chi connectivity index (χ4n) is 2.79. The second-order valence-electron chi connectivity index (χ2n) is 7.00. The summed E-state index contributed by atoms with van der Waals surface area (Å²) in [4.78, 5) is 24.5. The molecule has 10 heteroatoms. The van der Waals surface area contributed by atoms with E-state index in [1.165, 1.54) is 14.9 Å². The van der Waals surface area contributed by atoms with Gasteiger partial charge in [-0.2, -0.15) is 11.8 Å². The fourth-order valence-corrected chi connectivity index (χ4v) is 5.39. The highest BCUT2D eigenvalue weighted by molar-refractivity contribution is 14.1. The van der Waals surface area contributed by atoms with E-state index in [0.29, 0.717) is 38.2 Å². The summed E-state index contributed by atoms with van der Waals surface area (Å²) in [6.45, 7) is 3.95. The van der Waals surface area contributed by atoms with Crippen molar-refractivity contribution in [3.8, 4) is 17.2 Å². The lowest BCUT2D eigenvalue weighted by molar-refractivity contribution is -0.140. The van der Waals surface area contributed by atoms with Gasteiger partial charge >= 0.3 is 5.97 Å². The molecule has 0 radical (unpaired) electrons. The maximum Gasteiger partial charge on any atom is 0.327 e. The largest absolute Gasteiger partial charge is 0.508 e. The average Bonchev–Trinajstić information content (AvgIpc) is 2.70. The molecule has 168 valence electrons. The van der Waals surface area contributed by atoms with Crippen molar-refractivity contribution >= 4 is 78.4 Å². The number of aromatic hydroxyl groups is 1. The molecule has 31 heavy (non-hydrogen) atoms. The molecule has 6 nitrogen and oxygen atoms in total. The molecule has 1 atom stereocenters. The van der Waals surface area contributed by atoms with Crippen LogP contribution in [0, 0.1) is 0 Å². The summed E-state index contributed by atoms with van der Waals surface area (Å²) in [5.41, 5.74) is 1.09. The van der Waals surface area contributed by atoms with E-state index in [1.807, 2.05) is 20.1 Å². The molecule has 1 unspecified atom stereocenters. The number of carbonyl (C=O) groups is 2. The summed E-state index contributed by atoms with van der Waals surface area (Å²) in [6.07, 6.45) is 2.25. The SMILES string of the molecule is CSCCC(C(=O)O)N(I)C(=O)c1cc(Br)c(Oc2ccc(O)c(C(C)C)c2)c(Br)c1. The van der Waals surface area contributed by atoms with Gasteiger partial charge in [0.2, 0.25) is 0 Å². The first-order valence-electron chi connectivity index (χ1n) is 9.27. The minimum Gasteiger partial charge on any atom is -0.508 e. The van der Waals surface area contributed by atoms with E-state index in [1.54, 1.807) is 53.2 Å². The van der Waals surface area contributed by atoms with Gasteiger partial charge in [-0.25, -0.2) is 4.79 Å². The molecule has 1 amide bonds. The number of thioether (sulfide) groups is 1. The van der Waals surface area contributed by atoms with Crippen molar-refractivity contribution in [2.24, 2.45) is 0 Å². The standard InChI is InChI=1S/C21H22Br2INO5S/c1-11(2)14-10-13(4-5-18(14)26)30-19-15(22)8-12(9-16(19)23)20(27)25(24)17(21(28)29)6-7-31-3/h4-5,8-11,17,26H,6-7H2,1-3H3,(H,28,29). The molecule has 0 saturated carbocycles. The second kappa shape index (κ2) is 11.8. The van der Waals surface area contributed by atoms with Gasteiger partial charge < -0.3 is 14.9 Å². The second-order valence-corrected chi connectivity index (χ2v) is 10.7. The number of carbonyl (C=O) groups excluding carboxylic acids is 1. The van der Waals surface area contributed by atoms with Crippen LogP contribution in [0.25, 0.3) is 0 Å². The molecule has 2 aromatic rings. The van der Waals surface area contributed by atoms with E-state index in [0.717, 1.165) is 5.56 Å². The van der Waals surface area contributed by atoms with Crippen molar-refractivity contribution in [1.82, 2.24) is 3.11 Å². The number of ether oxygens (including phenoxy) is 1. The fraction of sp³-hybridized carbons (Fsp3) is 0.333. The first-order valence-corrected chi connectivity index (χ1v) is 13.2. The highest BCUT2D eigenvalue weighted by Gasteiger charge is 2.29. The molecule has 2 N–H and O–H groups in total. The van der Waals surface area contributed by atoms with Gasteiger partial charge in [-0.05, 0) is 86.5 Å². The quantitative estimate of drug-likeness (QED) is 0.222. The van der Waals surface area contributed by atoms with Crippen LogP contribution in [-0.4, -0.2) is 43.3 Å². The van der Waals surface area contributed by atoms with E-state index in [9.17, 15) is 19.8 Å². The van der Waals surface area contributed by atoms with Gasteiger partial charge in [0.25, 0.3) is 5.91 Å². The highest BCUT2D eigenvalue weighted by Crippen LogP contribution is 2.40. The number of carboxylic acids is 1. The molecule has 0 fully saturated rings. The zero-order valence-electron chi connectivity index (χ0n) is 17.1.